The maximum atomic E-state index is 11.2. The molecule has 4 fully saturated rings. The van der Waals surface area contributed by atoms with E-state index in [1.807, 2.05) is 6.92 Å². The first-order valence-corrected chi connectivity index (χ1v) is 11.6. The van der Waals surface area contributed by atoms with Crippen LogP contribution in [0.3, 0.4) is 0 Å². The van der Waals surface area contributed by atoms with Gasteiger partial charge in [0.25, 0.3) is 0 Å². The maximum absolute atomic E-state index is 11.2. The van der Waals surface area contributed by atoms with Gasteiger partial charge < -0.3 is 14.9 Å². The zero-order chi connectivity index (χ0) is 18.4. The highest BCUT2D eigenvalue weighted by Crippen LogP contribution is 2.67. The molecule has 9 atom stereocenters. The van der Waals surface area contributed by atoms with Crippen molar-refractivity contribution in [2.45, 2.75) is 99.3 Å². The first kappa shape index (κ1) is 19.2. The number of ether oxygens (including phenoxy) is 1. The number of alkyl halides is 2. The smallest absolute Gasteiger partial charge is 0.0958 e. The maximum Gasteiger partial charge on any atom is 0.0958 e. The molecule has 25 heavy (non-hydrogen) atoms. The normalized spacial score (nSPS) is 60.5. The van der Waals surface area contributed by atoms with Crippen LogP contribution in [0, 0.1) is 22.7 Å². The SMILES string of the molecule is CC1(C)CC2(CCC1Br)OC2C1C(O)CC2(C)C(Br)CCC(C)(O)C12. The summed E-state index contributed by atoms with van der Waals surface area (Å²) in [6.07, 6.45) is 5.44. The largest absolute Gasteiger partial charge is 0.393 e. The van der Waals surface area contributed by atoms with Crippen molar-refractivity contribution < 1.29 is 14.9 Å². The Labute approximate surface area is 168 Å². The number of rotatable bonds is 1. The van der Waals surface area contributed by atoms with Crippen LogP contribution < -0.4 is 0 Å². The molecule has 1 spiro atoms. The van der Waals surface area contributed by atoms with Crippen LogP contribution in [0.2, 0.25) is 0 Å². The summed E-state index contributed by atoms with van der Waals surface area (Å²) < 4.78 is 6.40. The highest BCUT2D eigenvalue weighted by Gasteiger charge is 2.72. The average molecular weight is 480 g/mol. The van der Waals surface area contributed by atoms with Crippen LogP contribution in [-0.2, 0) is 4.74 Å². The molecular weight excluding hydrogens is 448 g/mol. The van der Waals surface area contributed by atoms with E-state index in [1.165, 1.54) is 0 Å². The van der Waals surface area contributed by atoms with E-state index in [0.717, 1.165) is 38.5 Å². The van der Waals surface area contributed by atoms with Crippen LogP contribution in [0.5, 0.6) is 0 Å². The Balaban J connectivity index is 1.63. The van der Waals surface area contributed by atoms with Crippen LogP contribution in [0.1, 0.15) is 66.2 Å². The second-order valence-corrected chi connectivity index (χ2v) is 12.7. The van der Waals surface area contributed by atoms with Gasteiger partial charge in [0.15, 0.2) is 0 Å². The van der Waals surface area contributed by atoms with Gasteiger partial charge in [-0.3, -0.25) is 0 Å². The first-order chi connectivity index (χ1) is 11.4. The number of epoxide rings is 1. The number of halogens is 2. The van der Waals surface area contributed by atoms with Gasteiger partial charge in [-0.05, 0) is 56.3 Å². The summed E-state index contributed by atoms with van der Waals surface area (Å²) in [4.78, 5) is 0.883. The Hall–Kier alpha value is 0.840. The predicted octanol–water partition coefficient (Wildman–Crippen LogP) is 4.41. The molecule has 0 radical (unpaired) electrons. The Morgan fingerprint density at radius 1 is 1.00 bits per heavy atom. The number of hydrogen-bond acceptors (Lipinski definition) is 3. The van der Waals surface area contributed by atoms with E-state index in [9.17, 15) is 10.2 Å². The predicted molar refractivity (Wildman–Crippen MR) is 106 cm³/mol. The summed E-state index contributed by atoms with van der Waals surface area (Å²) in [6, 6.07) is 0. The van der Waals surface area contributed by atoms with Crippen LogP contribution in [-0.4, -0.2) is 43.3 Å². The summed E-state index contributed by atoms with van der Waals surface area (Å²) in [5, 5.41) is 22.2. The number of hydrogen-bond donors (Lipinski definition) is 2. The van der Waals surface area contributed by atoms with E-state index < -0.39 is 5.60 Å². The molecule has 1 aliphatic heterocycles. The third-order valence-electron chi connectivity index (χ3n) is 8.07. The highest BCUT2D eigenvalue weighted by molar-refractivity contribution is 9.09. The molecule has 4 rings (SSSR count). The minimum absolute atomic E-state index is 0.0445. The third kappa shape index (κ3) is 2.73. The molecule has 0 bridgehead atoms. The third-order valence-corrected chi connectivity index (χ3v) is 11.3. The molecule has 4 aliphatic rings. The topological polar surface area (TPSA) is 53.0 Å². The molecule has 3 nitrogen and oxygen atoms in total. The molecular formula is C20H32Br2O3. The number of fused-ring (bicyclic) bond motifs is 1. The van der Waals surface area contributed by atoms with Gasteiger partial charge in [0.1, 0.15) is 0 Å². The zero-order valence-electron chi connectivity index (χ0n) is 15.8. The molecule has 0 aromatic carbocycles. The fourth-order valence-electron chi connectivity index (χ4n) is 6.83. The standard InChI is InChI=1S/C20H32Br2O3/c1-17(2)10-20(8-6-12(17)21)16(25-20)14-11(23)9-18(3)13(22)5-7-19(4,24)15(14)18/h11-16,23-24H,5-10H2,1-4H3. The molecule has 2 N–H and O–H groups in total. The van der Waals surface area contributed by atoms with Crippen molar-refractivity contribution in [3.05, 3.63) is 0 Å². The summed E-state index contributed by atoms with van der Waals surface area (Å²) in [5.41, 5.74) is -0.676. The Morgan fingerprint density at radius 3 is 2.28 bits per heavy atom. The minimum atomic E-state index is -0.726. The van der Waals surface area contributed by atoms with Gasteiger partial charge in [-0.2, -0.15) is 0 Å². The molecule has 0 amide bonds. The van der Waals surface area contributed by atoms with Gasteiger partial charge in [-0.1, -0.05) is 52.6 Å². The molecule has 0 aromatic heterocycles. The first-order valence-electron chi connectivity index (χ1n) is 9.79. The van der Waals surface area contributed by atoms with Gasteiger partial charge in [-0.15, -0.1) is 0 Å². The summed E-state index contributed by atoms with van der Waals surface area (Å²) in [5.74, 6) is 0.130. The fourth-order valence-corrected chi connectivity index (χ4v) is 7.92. The van der Waals surface area contributed by atoms with Gasteiger partial charge in [0.2, 0.25) is 0 Å². The lowest BCUT2D eigenvalue weighted by molar-refractivity contribution is -0.0996. The quantitative estimate of drug-likeness (QED) is 0.432. The van der Waals surface area contributed by atoms with Crippen LogP contribution in [0.4, 0.5) is 0 Å². The van der Waals surface area contributed by atoms with E-state index in [0.29, 0.717) is 9.65 Å². The van der Waals surface area contributed by atoms with Gasteiger partial charge in [0.05, 0.1) is 23.4 Å². The second kappa shape index (κ2) is 5.68. The van der Waals surface area contributed by atoms with Crippen LogP contribution >= 0.6 is 31.9 Å². The lowest BCUT2D eigenvalue weighted by Gasteiger charge is -2.50. The van der Waals surface area contributed by atoms with Gasteiger partial charge in [0, 0.05) is 21.5 Å². The highest BCUT2D eigenvalue weighted by atomic mass is 79.9. The van der Waals surface area contributed by atoms with E-state index in [2.05, 4.69) is 52.6 Å². The van der Waals surface area contributed by atoms with E-state index in [4.69, 9.17) is 4.74 Å². The zero-order valence-corrected chi connectivity index (χ0v) is 18.9. The molecule has 3 saturated carbocycles. The molecule has 9 unspecified atom stereocenters. The van der Waals surface area contributed by atoms with Crippen molar-refractivity contribution in [3.63, 3.8) is 0 Å². The molecule has 144 valence electrons. The molecule has 5 heteroatoms. The van der Waals surface area contributed by atoms with Crippen molar-refractivity contribution in [2.24, 2.45) is 22.7 Å². The molecule has 1 heterocycles. The Morgan fingerprint density at radius 2 is 1.64 bits per heavy atom. The average Bonchev–Trinajstić information content (AvgIpc) is 3.07. The van der Waals surface area contributed by atoms with E-state index in [1.54, 1.807) is 0 Å². The lowest BCUT2D eigenvalue weighted by Crippen LogP contribution is -2.54. The summed E-state index contributed by atoms with van der Waals surface area (Å²) in [7, 11) is 0. The molecule has 3 aliphatic carbocycles. The van der Waals surface area contributed by atoms with Crippen molar-refractivity contribution in [1.29, 1.82) is 0 Å². The van der Waals surface area contributed by atoms with Crippen molar-refractivity contribution in [2.75, 3.05) is 0 Å². The number of aliphatic hydroxyl groups excluding tert-OH is 1. The van der Waals surface area contributed by atoms with Gasteiger partial charge >= 0.3 is 0 Å². The fraction of sp³-hybridized carbons (Fsp3) is 1.00. The van der Waals surface area contributed by atoms with Crippen LogP contribution in [0.15, 0.2) is 0 Å². The number of aliphatic hydroxyl groups is 2. The molecule has 0 aromatic rings. The minimum Gasteiger partial charge on any atom is -0.393 e. The molecule has 1 saturated heterocycles. The Bertz CT molecular complexity index is 565. The Kier molecular flexibility index (Phi) is 4.36. The van der Waals surface area contributed by atoms with Crippen molar-refractivity contribution in [1.82, 2.24) is 0 Å². The summed E-state index contributed by atoms with van der Waals surface area (Å²) >= 11 is 7.72. The van der Waals surface area contributed by atoms with E-state index in [-0.39, 0.29) is 40.5 Å². The van der Waals surface area contributed by atoms with Crippen molar-refractivity contribution in [3.8, 4) is 0 Å². The van der Waals surface area contributed by atoms with Gasteiger partial charge in [-0.25, -0.2) is 0 Å². The monoisotopic (exact) mass is 478 g/mol. The van der Waals surface area contributed by atoms with E-state index >= 15 is 0 Å². The lowest BCUT2D eigenvalue weighted by atomic mass is 9.59. The summed E-state index contributed by atoms with van der Waals surface area (Å²) in [6.45, 7) is 8.86. The second-order valence-electron chi connectivity index (χ2n) is 10.5. The van der Waals surface area contributed by atoms with Crippen LogP contribution in [0.25, 0.3) is 0 Å². The van der Waals surface area contributed by atoms with Crippen molar-refractivity contribution >= 4 is 31.9 Å².